The van der Waals surface area contributed by atoms with Crippen LogP contribution in [0.25, 0.3) is 10.9 Å². The highest BCUT2D eigenvalue weighted by Crippen LogP contribution is 2.30. The Morgan fingerprint density at radius 1 is 1.21 bits per heavy atom. The minimum atomic E-state index is 0.822. The van der Waals surface area contributed by atoms with Gasteiger partial charge in [0.25, 0.3) is 0 Å². The zero-order valence-electron chi connectivity index (χ0n) is 7.94. The van der Waals surface area contributed by atoms with E-state index in [-0.39, 0.29) is 0 Å². The molecule has 1 heterocycles. The summed E-state index contributed by atoms with van der Waals surface area (Å²) >= 11 is 8.55. The minimum absolute atomic E-state index is 0.822. The van der Waals surface area contributed by atoms with Crippen LogP contribution in [-0.4, -0.2) is 4.98 Å². The maximum absolute atomic E-state index is 6.26. The molecule has 0 aliphatic heterocycles. The Bertz CT molecular complexity index is 508. The summed E-state index contributed by atoms with van der Waals surface area (Å²) in [5, 5.41) is 1.90. The summed E-state index contributed by atoms with van der Waals surface area (Å²) in [4.78, 5) is 4.41. The summed E-state index contributed by atoms with van der Waals surface area (Å²) in [5.74, 6) is 0. The Morgan fingerprint density at radius 2 is 1.93 bits per heavy atom. The molecule has 0 radical (unpaired) electrons. The lowest BCUT2D eigenvalue weighted by atomic mass is 10.1. The van der Waals surface area contributed by atoms with Gasteiger partial charge in [-0.3, -0.25) is 4.98 Å². The Morgan fingerprint density at radius 3 is 2.64 bits per heavy atom. The fraction of sp³-hybridized carbons (Fsp3) is 0.182. The molecule has 2 aromatic rings. The second kappa shape index (κ2) is 3.66. The number of pyridine rings is 1. The van der Waals surface area contributed by atoms with Crippen molar-refractivity contribution in [2.45, 2.75) is 13.8 Å². The number of aryl methyl sites for hydroxylation is 2. The van der Waals surface area contributed by atoms with E-state index in [1.165, 1.54) is 5.56 Å². The standard InChI is InChI=1S/C11H9ClIN/c1-6-3-4-8(13)9-10(12)7(2)5-14-11(6)9/h3-5H,1-2H3. The predicted molar refractivity (Wildman–Crippen MR) is 68.9 cm³/mol. The van der Waals surface area contributed by atoms with Crippen LogP contribution in [0.2, 0.25) is 5.02 Å². The first kappa shape index (κ1) is 10.2. The van der Waals surface area contributed by atoms with Gasteiger partial charge in [0.2, 0.25) is 0 Å². The third-order valence-corrected chi connectivity index (χ3v) is 3.67. The van der Waals surface area contributed by atoms with Crippen LogP contribution >= 0.6 is 34.2 Å². The normalized spacial score (nSPS) is 10.9. The van der Waals surface area contributed by atoms with Crippen molar-refractivity contribution >= 4 is 45.1 Å². The molecule has 0 unspecified atom stereocenters. The molecule has 0 fully saturated rings. The van der Waals surface area contributed by atoms with E-state index in [2.05, 4.69) is 46.6 Å². The summed E-state index contributed by atoms with van der Waals surface area (Å²) in [7, 11) is 0. The lowest BCUT2D eigenvalue weighted by Gasteiger charge is -2.07. The third-order valence-electron chi connectivity index (χ3n) is 2.28. The van der Waals surface area contributed by atoms with Crippen molar-refractivity contribution in [3.8, 4) is 0 Å². The first-order valence-corrected chi connectivity index (χ1v) is 5.77. The summed E-state index contributed by atoms with van der Waals surface area (Å²) in [5.41, 5.74) is 3.21. The topological polar surface area (TPSA) is 12.9 Å². The van der Waals surface area contributed by atoms with E-state index in [4.69, 9.17) is 11.6 Å². The van der Waals surface area contributed by atoms with E-state index in [9.17, 15) is 0 Å². The van der Waals surface area contributed by atoms with Gasteiger partial charge in [-0.2, -0.15) is 0 Å². The van der Waals surface area contributed by atoms with E-state index in [1.54, 1.807) is 0 Å². The molecule has 0 saturated heterocycles. The molecule has 0 aliphatic rings. The van der Waals surface area contributed by atoms with Gasteiger partial charge in [-0.25, -0.2) is 0 Å². The highest BCUT2D eigenvalue weighted by atomic mass is 127. The zero-order chi connectivity index (χ0) is 10.3. The molecule has 2 rings (SSSR count). The number of aromatic nitrogens is 1. The van der Waals surface area contributed by atoms with Gasteiger partial charge in [-0.1, -0.05) is 17.7 Å². The lowest BCUT2D eigenvalue weighted by molar-refractivity contribution is 1.31. The maximum Gasteiger partial charge on any atom is 0.0756 e. The van der Waals surface area contributed by atoms with Crippen molar-refractivity contribution < 1.29 is 0 Å². The van der Waals surface area contributed by atoms with Crippen molar-refractivity contribution in [2.75, 3.05) is 0 Å². The monoisotopic (exact) mass is 317 g/mol. The van der Waals surface area contributed by atoms with E-state index in [1.807, 2.05) is 13.1 Å². The first-order valence-electron chi connectivity index (χ1n) is 4.31. The van der Waals surface area contributed by atoms with Gasteiger partial charge < -0.3 is 0 Å². The largest absolute Gasteiger partial charge is 0.256 e. The molecule has 1 nitrogen and oxygen atoms in total. The number of nitrogens with zero attached hydrogens (tertiary/aromatic N) is 1. The number of fused-ring (bicyclic) bond motifs is 1. The molecule has 1 aromatic carbocycles. The summed E-state index contributed by atoms with van der Waals surface area (Å²) in [6.07, 6.45) is 1.83. The quantitative estimate of drug-likeness (QED) is 0.666. The molecule has 1 aromatic heterocycles. The van der Waals surface area contributed by atoms with Gasteiger partial charge in [0.05, 0.1) is 10.5 Å². The van der Waals surface area contributed by atoms with Crippen molar-refractivity contribution in [1.82, 2.24) is 4.98 Å². The molecule has 14 heavy (non-hydrogen) atoms. The molecule has 0 spiro atoms. The Hall–Kier alpha value is -0.350. The van der Waals surface area contributed by atoms with Gasteiger partial charge in [0.1, 0.15) is 0 Å². The average molecular weight is 318 g/mol. The summed E-state index contributed by atoms with van der Waals surface area (Å²) in [6, 6.07) is 4.15. The van der Waals surface area contributed by atoms with E-state index >= 15 is 0 Å². The van der Waals surface area contributed by atoms with Crippen LogP contribution in [0.1, 0.15) is 11.1 Å². The highest BCUT2D eigenvalue weighted by Gasteiger charge is 2.08. The number of hydrogen-bond acceptors (Lipinski definition) is 1. The number of hydrogen-bond donors (Lipinski definition) is 0. The van der Waals surface area contributed by atoms with Crippen LogP contribution in [0.3, 0.4) is 0 Å². The maximum atomic E-state index is 6.26. The molecule has 72 valence electrons. The Balaban J connectivity index is 3.01. The van der Waals surface area contributed by atoms with Gasteiger partial charge in [0.15, 0.2) is 0 Å². The van der Waals surface area contributed by atoms with Crippen LogP contribution in [0.4, 0.5) is 0 Å². The van der Waals surface area contributed by atoms with Crippen molar-refractivity contribution in [1.29, 1.82) is 0 Å². The van der Waals surface area contributed by atoms with Crippen molar-refractivity contribution in [3.63, 3.8) is 0 Å². The molecule has 0 atom stereocenters. The highest BCUT2D eigenvalue weighted by molar-refractivity contribution is 14.1. The molecule has 0 amide bonds. The molecule has 3 heteroatoms. The minimum Gasteiger partial charge on any atom is -0.256 e. The zero-order valence-corrected chi connectivity index (χ0v) is 10.8. The smallest absolute Gasteiger partial charge is 0.0756 e. The van der Waals surface area contributed by atoms with Gasteiger partial charge >= 0.3 is 0 Å². The molecule has 0 N–H and O–H groups in total. The third kappa shape index (κ3) is 1.50. The number of rotatable bonds is 0. The predicted octanol–water partition coefficient (Wildman–Crippen LogP) is 4.11. The van der Waals surface area contributed by atoms with E-state index in [0.717, 1.165) is 25.1 Å². The molecule has 0 bridgehead atoms. The van der Waals surface area contributed by atoms with Crippen LogP contribution in [0, 0.1) is 17.4 Å². The van der Waals surface area contributed by atoms with Gasteiger partial charge in [-0.05, 0) is 53.6 Å². The Kier molecular flexibility index (Phi) is 2.66. The van der Waals surface area contributed by atoms with Crippen molar-refractivity contribution in [2.24, 2.45) is 0 Å². The average Bonchev–Trinajstić information content (AvgIpc) is 2.16. The first-order chi connectivity index (χ1) is 6.61. The van der Waals surface area contributed by atoms with Gasteiger partial charge in [-0.15, -0.1) is 0 Å². The fourth-order valence-corrected chi connectivity index (χ4v) is 2.57. The van der Waals surface area contributed by atoms with E-state index in [0.29, 0.717) is 0 Å². The lowest BCUT2D eigenvalue weighted by Crippen LogP contribution is -1.89. The molecule has 0 saturated carbocycles. The summed E-state index contributed by atoms with van der Waals surface area (Å²) in [6.45, 7) is 4.03. The molecular weight excluding hydrogens is 308 g/mol. The second-order valence-corrected chi connectivity index (χ2v) is 4.88. The van der Waals surface area contributed by atoms with Crippen molar-refractivity contribution in [3.05, 3.63) is 38.0 Å². The molecule has 0 aliphatic carbocycles. The second-order valence-electron chi connectivity index (χ2n) is 3.34. The number of halogens is 2. The number of benzene rings is 1. The summed E-state index contributed by atoms with van der Waals surface area (Å²) < 4.78 is 1.16. The van der Waals surface area contributed by atoms with E-state index < -0.39 is 0 Å². The van der Waals surface area contributed by atoms with Crippen LogP contribution in [-0.2, 0) is 0 Å². The van der Waals surface area contributed by atoms with Crippen LogP contribution < -0.4 is 0 Å². The SMILES string of the molecule is Cc1cnc2c(C)ccc(I)c2c1Cl. The fourth-order valence-electron chi connectivity index (χ4n) is 1.46. The van der Waals surface area contributed by atoms with Crippen LogP contribution in [0.15, 0.2) is 18.3 Å². The van der Waals surface area contributed by atoms with Gasteiger partial charge in [0, 0.05) is 15.2 Å². The van der Waals surface area contributed by atoms with Crippen LogP contribution in [0.5, 0.6) is 0 Å². The Labute approximate surface area is 102 Å². The molecular formula is C11H9ClIN.